The molecule has 8 nitrogen and oxygen atoms in total. The quantitative estimate of drug-likeness (QED) is 0.183. The minimum atomic E-state index is -1.43. The number of Topliss-reactive ketones (excluding diaryl/α,β-unsaturated/α-hetero) is 1. The normalized spacial score (nSPS) is 23.0. The van der Waals surface area contributed by atoms with Crippen molar-refractivity contribution < 1.29 is 39.1 Å². The van der Waals surface area contributed by atoms with Crippen LogP contribution in [0.25, 0.3) is 0 Å². The smallest absolute Gasteiger partial charge is 0.378 e. The molecule has 0 aliphatic carbocycles. The SMILES string of the molecule is CCCCCCC=COCC(O)COC1C(=O)C(=O)O[C@@H]1[C@@H](O)CO. The Morgan fingerprint density at radius 3 is 2.64 bits per heavy atom. The van der Waals surface area contributed by atoms with E-state index < -0.39 is 42.8 Å². The Labute approximate surface area is 147 Å². The first-order valence-electron chi connectivity index (χ1n) is 8.61. The van der Waals surface area contributed by atoms with Crippen molar-refractivity contribution in [3.05, 3.63) is 12.3 Å². The standard InChI is InChI=1S/C17H28O8/c1-2-3-4-5-6-7-8-23-10-12(19)11-24-16-14(21)17(22)25-15(16)13(20)9-18/h7-8,12-13,15-16,18-20H,2-6,9-11H2,1H3/t12?,13-,15+,16?/m0/s1. The molecule has 0 spiro atoms. The van der Waals surface area contributed by atoms with Crippen LogP contribution in [-0.2, 0) is 23.8 Å². The van der Waals surface area contributed by atoms with Gasteiger partial charge in [0.05, 0.1) is 19.5 Å². The number of hydrogen-bond acceptors (Lipinski definition) is 8. The van der Waals surface area contributed by atoms with Gasteiger partial charge in [0, 0.05) is 0 Å². The van der Waals surface area contributed by atoms with Crippen LogP contribution < -0.4 is 0 Å². The third-order valence-electron chi connectivity index (χ3n) is 3.74. The Balaban J connectivity index is 2.25. The molecule has 0 saturated carbocycles. The van der Waals surface area contributed by atoms with Crippen molar-refractivity contribution in [3.63, 3.8) is 0 Å². The molecular formula is C17H28O8. The van der Waals surface area contributed by atoms with Gasteiger partial charge in [0.2, 0.25) is 0 Å². The second-order valence-corrected chi connectivity index (χ2v) is 5.95. The van der Waals surface area contributed by atoms with Gasteiger partial charge in [-0.1, -0.05) is 26.2 Å². The van der Waals surface area contributed by atoms with E-state index in [-0.39, 0.29) is 13.2 Å². The van der Waals surface area contributed by atoms with Crippen molar-refractivity contribution in [3.8, 4) is 0 Å². The zero-order chi connectivity index (χ0) is 18.7. The Hall–Kier alpha value is -1.48. The molecule has 144 valence electrons. The monoisotopic (exact) mass is 360 g/mol. The lowest BCUT2D eigenvalue weighted by molar-refractivity contribution is -0.152. The Morgan fingerprint density at radius 1 is 1.20 bits per heavy atom. The number of hydrogen-bond donors (Lipinski definition) is 3. The third kappa shape index (κ3) is 7.52. The predicted molar refractivity (Wildman–Crippen MR) is 87.6 cm³/mol. The number of ketones is 1. The first kappa shape index (κ1) is 21.6. The van der Waals surface area contributed by atoms with Crippen molar-refractivity contribution in [2.75, 3.05) is 19.8 Å². The summed E-state index contributed by atoms with van der Waals surface area (Å²) in [6.45, 7) is 1.16. The number of allylic oxidation sites excluding steroid dienone is 1. The molecule has 1 saturated heterocycles. The fourth-order valence-electron chi connectivity index (χ4n) is 2.32. The van der Waals surface area contributed by atoms with Crippen LogP contribution in [0.2, 0.25) is 0 Å². The van der Waals surface area contributed by atoms with Crippen LogP contribution in [0.1, 0.15) is 39.0 Å². The molecule has 2 unspecified atom stereocenters. The Morgan fingerprint density at radius 2 is 1.96 bits per heavy atom. The maximum absolute atomic E-state index is 11.6. The van der Waals surface area contributed by atoms with E-state index in [2.05, 4.69) is 11.7 Å². The lowest BCUT2D eigenvalue weighted by Gasteiger charge is -2.21. The minimum absolute atomic E-state index is 0.0333. The molecule has 8 heteroatoms. The van der Waals surface area contributed by atoms with Crippen LogP contribution in [0.3, 0.4) is 0 Å². The van der Waals surface area contributed by atoms with Gasteiger partial charge in [-0.05, 0) is 18.9 Å². The lowest BCUT2D eigenvalue weighted by Crippen LogP contribution is -2.42. The van der Waals surface area contributed by atoms with Gasteiger partial charge >= 0.3 is 5.97 Å². The topological polar surface area (TPSA) is 123 Å². The largest absolute Gasteiger partial charge is 0.499 e. The number of aliphatic hydroxyl groups excluding tert-OH is 3. The van der Waals surface area contributed by atoms with Crippen molar-refractivity contribution in [1.82, 2.24) is 0 Å². The summed E-state index contributed by atoms with van der Waals surface area (Å²) in [6, 6.07) is 0. The molecule has 3 N–H and O–H groups in total. The summed E-state index contributed by atoms with van der Waals surface area (Å²) >= 11 is 0. The highest BCUT2D eigenvalue weighted by Crippen LogP contribution is 2.19. The Bertz CT molecular complexity index is 436. The molecule has 0 aromatic carbocycles. The molecule has 1 heterocycles. The van der Waals surface area contributed by atoms with Crippen LogP contribution in [-0.4, -0.2) is 71.3 Å². The van der Waals surface area contributed by atoms with Crippen LogP contribution in [0.4, 0.5) is 0 Å². The first-order valence-corrected chi connectivity index (χ1v) is 8.61. The van der Waals surface area contributed by atoms with Gasteiger partial charge in [0.15, 0.2) is 12.2 Å². The lowest BCUT2D eigenvalue weighted by atomic mass is 10.1. The molecule has 0 aromatic rings. The average molecular weight is 360 g/mol. The molecule has 1 fully saturated rings. The van der Waals surface area contributed by atoms with E-state index in [1.54, 1.807) is 0 Å². The zero-order valence-electron chi connectivity index (χ0n) is 14.5. The number of cyclic esters (lactones) is 1. The van der Waals surface area contributed by atoms with Crippen LogP contribution in [0.5, 0.6) is 0 Å². The maximum atomic E-state index is 11.6. The van der Waals surface area contributed by atoms with Crippen LogP contribution >= 0.6 is 0 Å². The second kappa shape index (κ2) is 12.0. The molecular weight excluding hydrogens is 332 g/mol. The number of ether oxygens (including phenoxy) is 3. The number of rotatable bonds is 13. The number of aliphatic hydroxyl groups is 3. The maximum Gasteiger partial charge on any atom is 0.378 e. The highest BCUT2D eigenvalue weighted by molar-refractivity contribution is 6.37. The minimum Gasteiger partial charge on any atom is -0.499 e. The molecule has 0 bridgehead atoms. The summed E-state index contributed by atoms with van der Waals surface area (Å²) in [5.74, 6) is -2.07. The molecule has 1 aliphatic rings. The molecule has 1 aliphatic heterocycles. The number of unbranched alkanes of at least 4 members (excludes halogenated alkanes) is 4. The van der Waals surface area contributed by atoms with Crippen molar-refractivity contribution in [2.45, 2.75) is 63.4 Å². The van der Waals surface area contributed by atoms with E-state index in [1.807, 2.05) is 6.08 Å². The van der Waals surface area contributed by atoms with Crippen molar-refractivity contribution in [1.29, 1.82) is 0 Å². The van der Waals surface area contributed by atoms with Gasteiger partial charge in [0.1, 0.15) is 18.8 Å². The van der Waals surface area contributed by atoms with E-state index in [0.29, 0.717) is 0 Å². The van der Waals surface area contributed by atoms with E-state index >= 15 is 0 Å². The third-order valence-corrected chi connectivity index (χ3v) is 3.74. The van der Waals surface area contributed by atoms with Gasteiger partial charge in [-0.3, -0.25) is 4.79 Å². The number of carbonyl (C=O) groups is 2. The number of carbonyl (C=O) groups excluding carboxylic acids is 2. The van der Waals surface area contributed by atoms with Crippen molar-refractivity contribution >= 4 is 11.8 Å². The van der Waals surface area contributed by atoms with Gasteiger partial charge in [-0.15, -0.1) is 0 Å². The van der Waals surface area contributed by atoms with E-state index in [1.165, 1.54) is 25.5 Å². The summed E-state index contributed by atoms with van der Waals surface area (Å²) in [4.78, 5) is 22.9. The van der Waals surface area contributed by atoms with E-state index in [9.17, 15) is 19.8 Å². The fraction of sp³-hybridized carbons (Fsp3) is 0.765. The summed E-state index contributed by atoms with van der Waals surface area (Å²) in [6.07, 6.45) is 3.89. The predicted octanol–water partition coefficient (Wildman–Crippen LogP) is 0.0809. The fourth-order valence-corrected chi connectivity index (χ4v) is 2.32. The molecule has 1 rings (SSSR count). The summed E-state index contributed by atoms with van der Waals surface area (Å²) < 4.78 is 15.0. The van der Waals surface area contributed by atoms with Gasteiger partial charge < -0.3 is 29.5 Å². The highest BCUT2D eigenvalue weighted by Gasteiger charge is 2.48. The van der Waals surface area contributed by atoms with E-state index in [0.717, 1.165) is 12.8 Å². The number of esters is 1. The summed E-state index contributed by atoms with van der Waals surface area (Å²) in [5.41, 5.74) is 0. The van der Waals surface area contributed by atoms with Crippen LogP contribution in [0, 0.1) is 0 Å². The molecule has 25 heavy (non-hydrogen) atoms. The second-order valence-electron chi connectivity index (χ2n) is 5.95. The van der Waals surface area contributed by atoms with Gasteiger partial charge in [-0.2, -0.15) is 0 Å². The average Bonchev–Trinajstić information content (AvgIpc) is 2.89. The summed E-state index contributed by atoms with van der Waals surface area (Å²) in [7, 11) is 0. The van der Waals surface area contributed by atoms with E-state index in [4.69, 9.17) is 14.6 Å². The molecule has 4 atom stereocenters. The van der Waals surface area contributed by atoms with Gasteiger partial charge in [-0.25, -0.2) is 4.79 Å². The van der Waals surface area contributed by atoms with Crippen molar-refractivity contribution in [2.24, 2.45) is 0 Å². The molecule has 0 aromatic heterocycles. The summed E-state index contributed by atoms with van der Waals surface area (Å²) in [5, 5.41) is 28.2. The molecule has 0 radical (unpaired) electrons. The zero-order valence-corrected chi connectivity index (χ0v) is 14.5. The Kier molecular flexibility index (Phi) is 10.3. The molecule has 0 amide bonds. The van der Waals surface area contributed by atoms with Crippen LogP contribution in [0.15, 0.2) is 12.3 Å². The first-order chi connectivity index (χ1) is 12.0. The highest BCUT2D eigenvalue weighted by atomic mass is 16.6. The van der Waals surface area contributed by atoms with Gasteiger partial charge in [0.25, 0.3) is 5.78 Å².